The summed E-state index contributed by atoms with van der Waals surface area (Å²) in [5, 5.41) is 9.65. The lowest BCUT2D eigenvalue weighted by molar-refractivity contribution is -0.130. The van der Waals surface area contributed by atoms with Crippen LogP contribution in [0, 0.1) is 11.8 Å². The molecule has 1 aromatic rings. The van der Waals surface area contributed by atoms with E-state index in [1.165, 1.54) is 0 Å². The van der Waals surface area contributed by atoms with Gasteiger partial charge in [0.05, 0.1) is 19.5 Å². The van der Waals surface area contributed by atoms with E-state index in [1.807, 2.05) is 17.0 Å². The first-order valence-corrected chi connectivity index (χ1v) is 8.47. The number of amides is 1. The third kappa shape index (κ3) is 4.34. The minimum Gasteiger partial charge on any atom is -0.469 e. The smallest absolute Gasteiger partial charge is 0.223 e. The second kappa shape index (κ2) is 7.95. The summed E-state index contributed by atoms with van der Waals surface area (Å²) in [6.45, 7) is 5.96. The van der Waals surface area contributed by atoms with Crippen molar-refractivity contribution in [1.29, 1.82) is 0 Å². The van der Waals surface area contributed by atoms with Gasteiger partial charge in [-0.25, -0.2) is 0 Å². The van der Waals surface area contributed by atoms with Crippen molar-refractivity contribution in [2.45, 2.75) is 12.8 Å². The zero-order valence-corrected chi connectivity index (χ0v) is 13.5. The second-order valence-corrected chi connectivity index (χ2v) is 6.49. The lowest BCUT2D eigenvalue weighted by Gasteiger charge is -2.30. The molecule has 1 N–H and O–H groups in total. The number of carbonyl (C=O) groups excluding carboxylic acids is 1. The molecule has 3 rings (SSSR count). The number of ether oxygens (including phenoxy) is 1. The van der Waals surface area contributed by atoms with Gasteiger partial charge in [0.25, 0.3) is 0 Å². The molecule has 2 fully saturated rings. The van der Waals surface area contributed by atoms with Crippen molar-refractivity contribution in [3.05, 3.63) is 24.2 Å². The predicted octanol–water partition coefficient (Wildman–Crippen LogP) is 0.611. The van der Waals surface area contributed by atoms with E-state index in [1.54, 1.807) is 6.26 Å². The summed E-state index contributed by atoms with van der Waals surface area (Å²) >= 11 is 0. The number of carbonyl (C=O) groups is 1. The summed E-state index contributed by atoms with van der Waals surface area (Å²) in [4.78, 5) is 16.7. The highest BCUT2D eigenvalue weighted by Crippen LogP contribution is 2.25. The summed E-state index contributed by atoms with van der Waals surface area (Å²) < 4.78 is 10.7. The predicted molar refractivity (Wildman–Crippen MR) is 84.9 cm³/mol. The molecule has 0 bridgehead atoms. The quantitative estimate of drug-likeness (QED) is 0.831. The lowest BCUT2D eigenvalue weighted by Crippen LogP contribution is -2.41. The summed E-state index contributed by atoms with van der Waals surface area (Å²) in [7, 11) is 0. The molecule has 6 heteroatoms. The Morgan fingerprint density at radius 1 is 1.26 bits per heavy atom. The zero-order chi connectivity index (χ0) is 16.1. The fourth-order valence-electron chi connectivity index (χ4n) is 3.51. The van der Waals surface area contributed by atoms with Gasteiger partial charge in [0.1, 0.15) is 5.76 Å². The van der Waals surface area contributed by atoms with Crippen LogP contribution in [0.15, 0.2) is 22.8 Å². The van der Waals surface area contributed by atoms with Crippen molar-refractivity contribution >= 4 is 5.91 Å². The molecule has 0 aliphatic carbocycles. The van der Waals surface area contributed by atoms with E-state index in [2.05, 4.69) is 4.90 Å². The van der Waals surface area contributed by atoms with E-state index < -0.39 is 0 Å². The number of rotatable bonds is 6. The highest BCUT2D eigenvalue weighted by atomic mass is 16.5. The average Bonchev–Trinajstić information content (AvgIpc) is 3.23. The van der Waals surface area contributed by atoms with Crippen molar-refractivity contribution in [2.75, 3.05) is 52.5 Å². The Morgan fingerprint density at radius 3 is 2.74 bits per heavy atom. The number of furan rings is 1. The second-order valence-electron chi connectivity index (χ2n) is 6.49. The fourth-order valence-corrected chi connectivity index (χ4v) is 3.51. The Kier molecular flexibility index (Phi) is 5.70. The number of aryl methyl sites for hydroxylation is 1. The molecule has 128 valence electrons. The van der Waals surface area contributed by atoms with Crippen LogP contribution < -0.4 is 0 Å². The van der Waals surface area contributed by atoms with Crippen LogP contribution >= 0.6 is 0 Å². The molecule has 0 unspecified atom stereocenters. The van der Waals surface area contributed by atoms with E-state index in [0.717, 1.165) is 45.2 Å². The van der Waals surface area contributed by atoms with Gasteiger partial charge in [0, 0.05) is 58.1 Å². The number of morpholine rings is 1. The molecular weight excluding hydrogens is 296 g/mol. The van der Waals surface area contributed by atoms with Crippen LogP contribution in [0.5, 0.6) is 0 Å². The highest BCUT2D eigenvalue weighted by Gasteiger charge is 2.35. The minimum atomic E-state index is 0.150. The van der Waals surface area contributed by atoms with Gasteiger partial charge >= 0.3 is 0 Å². The number of likely N-dealkylation sites (tertiary alicyclic amines) is 1. The molecule has 2 aliphatic heterocycles. The maximum absolute atomic E-state index is 12.4. The average molecular weight is 322 g/mol. The molecule has 6 nitrogen and oxygen atoms in total. The molecule has 2 saturated heterocycles. The van der Waals surface area contributed by atoms with Gasteiger partial charge in [0.15, 0.2) is 0 Å². The van der Waals surface area contributed by atoms with Crippen molar-refractivity contribution in [2.24, 2.45) is 11.8 Å². The monoisotopic (exact) mass is 322 g/mol. The first-order chi connectivity index (χ1) is 11.3. The summed E-state index contributed by atoms with van der Waals surface area (Å²) in [5.74, 6) is 1.54. The first-order valence-electron chi connectivity index (χ1n) is 8.47. The summed E-state index contributed by atoms with van der Waals surface area (Å²) in [6, 6.07) is 3.74. The largest absolute Gasteiger partial charge is 0.469 e. The normalized spacial score (nSPS) is 25.9. The Bertz CT molecular complexity index is 485. The number of hydrogen-bond donors (Lipinski definition) is 1. The van der Waals surface area contributed by atoms with Crippen LogP contribution in [0.25, 0.3) is 0 Å². The van der Waals surface area contributed by atoms with Gasteiger partial charge in [-0.05, 0) is 18.1 Å². The SMILES string of the molecule is O=C(CCc1ccco1)N1C[C@@H](CO)[C@@H](CN2CCOCC2)C1. The van der Waals surface area contributed by atoms with Gasteiger partial charge in [0.2, 0.25) is 5.91 Å². The van der Waals surface area contributed by atoms with E-state index in [0.29, 0.717) is 25.3 Å². The van der Waals surface area contributed by atoms with Crippen molar-refractivity contribution in [3.63, 3.8) is 0 Å². The van der Waals surface area contributed by atoms with Crippen LogP contribution in [-0.2, 0) is 16.0 Å². The van der Waals surface area contributed by atoms with Crippen LogP contribution in [0.4, 0.5) is 0 Å². The molecule has 1 amide bonds. The Labute approximate surface area is 137 Å². The Morgan fingerprint density at radius 2 is 2.04 bits per heavy atom. The van der Waals surface area contributed by atoms with Gasteiger partial charge in [-0.1, -0.05) is 0 Å². The van der Waals surface area contributed by atoms with Gasteiger partial charge in [-0.15, -0.1) is 0 Å². The third-order valence-corrected chi connectivity index (χ3v) is 4.93. The Balaban J connectivity index is 1.49. The van der Waals surface area contributed by atoms with Crippen LogP contribution in [-0.4, -0.2) is 73.4 Å². The highest BCUT2D eigenvalue weighted by molar-refractivity contribution is 5.76. The molecule has 2 atom stereocenters. The number of nitrogens with zero attached hydrogens (tertiary/aromatic N) is 2. The van der Waals surface area contributed by atoms with Crippen LogP contribution in [0.2, 0.25) is 0 Å². The lowest BCUT2D eigenvalue weighted by atomic mass is 9.96. The first kappa shape index (κ1) is 16.5. The number of aliphatic hydroxyl groups excluding tert-OH is 1. The van der Waals surface area contributed by atoms with Crippen molar-refractivity contribution in [3.8, 4) is 0 Å². The van der Waals surface area contributed by atoms with E-state index in [9.17, 15) is 9.90 Å². The van der Waals surface area contributed by atoms with Crippen molar-refractivity contribution < 1.29 is 19.1 Å². The van der Waals surface area contributed by atoms with E-state index in [4.69, 9.17) is 9.15 Å². The van der Waals surface area contributed by atoms with Gasteiger partial charge in [-0.3, -0.25) is 9.69 Å². The molecular formula is C17H26N2O4. The summed E-state index contributed by atoms with van der Waals surface area (Å²) in [5.41, 5.74) is 0. The number of hydrogen-bond acceptors (Lipinski definition) is 5. The summed E-state index contributed by atoms with van der Waals surface area (Å²) in [6.07, 6.45) is 2.74. The molecule has 0 aromatic carbocycles. The van der Waals surface area contributed by atoms with E-state index in [-0.39, 0.29) is 18.4 Å². The van der Waals surface area contributed by atoms with Gasteiger partial charge in [-0.2, -0.15) is 0 Å². The Hall–Kier alpha value is -1.37. The fraction of sp³-hybridized carbons (Fsp3) is 0.706. The molecule has 0 saturated carbocycles. The molecule has 0 spiro atoms. The third-order valence-electron chi connectivity index (χ3n) is 4.93. The van der Waals surface area contributed by atoms with Crippen LogP contribution in [0.3, 0.4) is 0 Å². The molecule has 23 heavy (non-hydrogen) atoms. The number of aliphatic hydroxyl groups is 1. The topological polar surface area (TPSA) is 66.2 Å². The van der Waals surface area contributed by atoms with Crippen LogP contribution in [0.1, 0.15) is 12.2 Å². The molecule has 2 aliphatic rings. The molecule has 3 heterocycles. The minimum absolute atomic E-state index is 0.150. The molecule has 0 radical (unpaired) electrons. The van der Waals surface area contributed by atoms with E-state index >= 15 is 0 Å². The molecule has 1 aromatic heterocycles. The standard InChI is InChI=1S/C17H26N2O4/c20-13-15-12-19(17(21)4-3-16-2-1-7-23-16)11-14(15)10-18-5-8-22-9-6-18/h1-2,7,14-15,20H,3-6,8-13H2/t14-,15-/m0/s1. The maximum atomic E-state index is 12.4. The maximum Gasteiger partial charge on any atom is 0.223 e. The zero-order valence-electron chi connectivity index (χ0n) is 13.5. The van der Waals surface area contributed by atoms with Crippen molar-refractivity contribution in [1.82, 2.24) is 9.80 Å². The van der Waals surface area contributed by atoms with Gasteiger partial charge < -0.3 is 19.2 Å².